The van der Waals surface area contributed by atoms with Crippen LogP contribution in [0.5, 0.6) is 5.75 Å². The van der Waals surface area contributed by atoms with Gasteiger partial charge in [-0.1, -0.05) is 5.92 Å². The van der Waals surface area contributed by atoms with Crippen LogP contribution in [0, 0.1) is 11.8 Å². The maximum Gasteiger partial charge on any atom is 0.316 e. The first-order valence-corrected chi connectivity index (χ1v) is 6.90. The molecule has 0 saturated carbocycles. The third kappa shape index (κ3) is 3.34. The van der Waals surface area contributed by atoms with E-state index in [9.17, 15) is 9.59 Å². The van der Waals surface area contributed by atoms with Crippen LogP contribution in [-0.2, 0) is 9.59 Å². The minimum absolute atomic E-state index is 0.304. The molecule has 110 valence electrons. The lowest BCUT2D eigenvalue weighted by molar-refractivity contribution is -0.145. The molecule has 0 aliphatic carbocycles. The van der Waals surface area contributed by atoms with Crippen molar-refractivity contribution < 1.29 is 14.3 Å². The normalized spacial score (nSPS) is 14.8. The van der Waals surface area contributed by atoms with Crippen molar-refractivity contribution >= 4 is 17.5 Å². The summed E-state index contributed by atoms with van der Waals surface area (Å²) in [6.07, 6.45) is 0. The number of rotatable bonds is 4. The van der Waals surface area contributed by atoms with E-state index in [0.717, 1.165) is 5.75 Å². The number of nitrogens with zero attached hydrogens (tertiary/aromatic N) is 2. The zero-order chi connectivity index (χ0) is 15.2. The van der Waals surface area contributed by atoms with E-state index in [0.29, 0.717) is 31.9 Å². The molecule has 0 unspecified atom stereocenters. The van der Waals surface area contributed by atoms with E-state index in [4.69, 9.17) is 4.74 Å². The number of benzene rings is 1. The Hall–Kier alpha value is -2.48. The van der Waals surface area contributed by atoms with Crippen LogP contribution < -0.4 is 9.64 Å². The minimum atomic E-state index is -0.511. The van der Waals surface area contributed by atoms with E-state index in [2.05, 4.69) is 11.8 Å². The molecule has 0 N–H and O–H groups in total. The molecule has 5 nitrogen and oxygen atoms in total. The van der Waals surface area contributed by atoms with Gasteiger partial charge in [-0.15, -0.1) is 5.92 Å². The monoisotopic (exact) mass is 286 g/mol. The molecule has 1 heterocycles. The molecule has 21 heavy (non-hydrogen) atoms. The fourth-order valence-electron chi connectivity index (χ4n) is 2.14. The number of ether oxygens (including phenoxy) is 1. The summed E-state index contributed by atoms with van der Waals surface area (Å²) in [5.74, 6) is 5.28. The quantitative estimate of drug-likeness (QED) is 0.619. The fraction of sp³-hybridized carbons (Fsp3) is 0.375. The molecule has 1 aromatic rings. The lowest BCUT2D eigenvalue weighted by atomic mass is 10.2. The smallest absolute Gasteiger partial charge is 0.316 e. The largest absolute Gasteiger partial charge is 0.494 e. The standard InChI is InChI=1S/C16H18N2O3/c1-3-5-10-17-11-12-18(16(20)15(17)19)13-6-8-14(9-7-13)21-4-2/h6-9H,4,10-12H2,1-2H3. The molecule has 1 fully saturated rings. The van der Waals surface area contributed by atoms with Gasteiger partial charge in [0.05, 0.1) is 13.2 Å². The van der Waals surface area contributed by atoms with Crippen molar-refractivity contribution in [3.05, 3.63) is 24.3 Å². The third-order valence-corrected chi connectivity index (χ3v) is 3.21. The highest BCUT2D eigenvalue weighted by atomic mass is 16.5. The van der Waals surface area contributed by atoms with E-state index in [1.807, 2.05) is 6.92 Å². The Bertz CT molecular complexity index is 584. The van der Waals surface area contributed by atoms with Gasteiger partial charge in [0.25, 0.3) is 0 Å². The number of carbonyl (C=O) groups is 2. The molecule has 0 bridgehead atoms. The van der Waals surface area contributed by atoms with E-state index >= 15 is 0 Å². The van der Waals surface area contributed by atoms with Crippen LogP contribution in [-0.4, -0.2) is 43.0 Å². The van der Waals surface area contributed by atoms with Crippen molar-refractivity contribution in [3.63, 3.8) is 0 Å². The summed E-state index contributed by atoms with van der Waals surface area (Å²) in [6.45, 7) is 5.49. The molecule has 1 saturated heterocycles. The second kappa shape index (κ2) is 6.80. The van der Waals surface area contributed by atoms with Crippen molar-refractivity contribution in [2.75, 3.05) is 31.1 Å². The highest BCUT2D eigenvalue weighted by Crippen LogP contribution is 2.21. The number of amides is 2. The predicted molar refractivity (Wildman–Crippen MR) is 80.0 cm³/mol. The van der Waals surface area contributed by atoms with Gasteiger partial charge in [0, 0.05) is 18.8 Å². The van der Waals surface area contributed by atoms with Crippen LogP contribution in [0.3, 0.4) is 0 Å². The summed E-state index contributed by atoms with van der Waals surface area (Å²) in [6, 6.07) is 7.17. The third-order valence-electron chi connectivity index (χ3n) is 3.21. The highest BCUT2D eigenvalue weighted by molar-refractivity contribution is 6.41. The van der Waals surface area contributed by atoms with Gasteiger partial charge in [-0.05, 0) is 38.1 Å². The first-order chi connectivity index (χ1) is 10.2. The zero-order valence-corrected chi connectivity index (χ0v) is 12.3. The average molecular weight is 286 g/mol. The Morgan fingerprint density at radius 1 is 1.14 bits per heavy atom. The molecule has 0 radical (unpaired) electrons. The summed E-state index contributed by atoms with van der Waals surface area (Å²) in [5.41, 5.74) is 0.707. The molecule has 1 aromatic carbocycles. The number of hydrogen-bond acceptors (Lipinski definition) is 3. The first kappa shape index (κ1) is 14.9. The van der Waals surface area contributed by atoms with Crippen LogP contribution in [0.4, 0.5) is 5.69 Å². The molecule has 5 heteroatoms. The van der Waals surface area contributed by atoms with Crippen molar-refractivity contribution in [3.8, 4) is 17.6 Å². The van der Waals surface area contributed by atoms with Crippen LogP contribution >= 0.6 is 0 Å². The Morgan fingerprint density at radius 3 is 2.48 bits per heavy atom. The van der Waals surface area contributed by atoms with E-state index in [1.54, 1.807) is 31.2 Å². The first-order valence-electron chi connectivity index (χ1n) is 6.90. The molecule has 1 aliphatic rings. The molecule has 1 aliphatic heterocycles. The lowest BCUT2D eigenvalue weighted by Crippen LogP contribution is -2.54. The fourth-order valence-corrected chi connectivity index (χ4v) is 2.14. The van der Waals surface area contributed by atoms with E-state index in [1.165, 1.54) is 9.80 Å². The van der Waals surface area contributed by atoms with Gasteiger partial charge in [0.15, 0.2) is 0 Å². The lowest BCUT2D eigenvalue weighted by Gasteiger charge is -2.32. The van der Waals surface area contributed by atoms with Crippen LogP contribution in [0.25, 0.3) is 0 Å². The van der Waals surface area contributed by atoms with Crippen molar-refractivity contribution in [1.29, 1.82) is 0 Å². The molecule has 0 aromatic heterocycles. The molecule has 0 spiro atoms. The summed E-state index contributed by atoms with van der Waals surface area (Å²) in [5, 5.41) is 0. The van der Waals surface area contributed by atoms with E-state index < -0.39 is 11.8 Å². The zero-order valence-electron chi connectivity index (χ0n) is 12.3. The summed E-state index contributed by atoms with van der Waals surface area (Å²) < 4.78 is 5.36. The molecule has 0 atom stereocenters. The van der Waals surface area contributed by atoms with Gasteiger partial charge in [-0.25, -0.2) is 0 Å². The van der Waals surface area contributed by atoms with Crippen LogP contribution in [0.15, 0.2) is 24.3 Å². The molecule has 2 amide bonds. The second-order valence-corrected chi connectivity index (χ2v) is 4.54. The number of anilines is 1. The molecule has 2 rings (SSSR count). The average Bonchev–Trinajstić information content (AvgIpc) is 2.50. The summed E-state index contributed by atoms with van der Waals surface area (Å²) >= 11 is 0. The topological polar surface area (TPSA) is 49.9 Å². The van der Waals surface area contributed by atoms with Gasteiger partial charge in [0.2, 0.25) is 0 Å². The minimum Gasteiger partial charge on any atom is -0.494 e. The Kier molecular flexibility index (Phi) is 4.83. The molecular formula is C16H18N2O3. The van der Waals surface area contributed by atoms with Crippen LogP contribution in [0.2, 0.25) is 0 Å². The van der Waals surface area contributed by atoms with Gasteiger partial charge >= 0.3 is 11.8 Å². The van der Waals surface area contributed by atoms with Gasteiger partial charge in [-0.3, -0.25) is 9.59 Å². The SMILES string of the molecule is CC#CCN1CCN(c2ccc(OCC)cc2)C(=O)C1=O. The summed E-state index contributed by atoms with van der Waals surface area (Å²) in [7, 11) is 0. The van der Waals surface area contributed by atoms with Crippen molar-refractivity contribution in [2.24, 2.45) is 0 Å². The highest BCUT2D eigenvalue weighted by Gasteiger charge is 2.32. The van der Waals surface area contributed by atoms with Crippen molar-refractivity contribution in [2.45, 2.75) is 13.8 Å². The summed E-state index contributed by atoms with van der Waals surface area (Å²) in [4.78, 5) is 27.2. The number of carbonyl (C=O) groups excluding carboxylic acids is 2. The van der Waals surface area contributed by atoms with Gasteiger partial charge in [-0.2, -0.15) is 0 Å². The van der Waals surface area contributed by atoms with Crippen molar-refractivity contribution in [1.82, 2.24) is 4.90 Å². The Labute approximate surface area is 124 Å². The maximum absolute atomic E-state index is 12.2. The Morgan fingerprint density at radius 2 is 1.86 bits per heavy atom. The van der Waals surface area contributed by atoms with Gasteiger partial charge in [0.1, 0.15) is 5.75 Å². The molecular weight excluding hydrogens is 268 g/mol. The van der Waals surface area contributed by atoms with Gasteiger partial charge < -0.3 is 14.5 Å². The number of piperazine rings is 1. The number of hydrogen-bond donors (Lipinski definition) is 0. The predicted octanol–water partition coefficient (Wildman–Crippen LogP) is 1.28. The Balaban J connectivity index is 2.09. The maximum atomic E-state index is 12.2. The van der Waals surface area contributed by atoms with Crippen LogP contribution in [0.1, 0.15) is 13.8 Å². The van der Waals surface area contributed by atoms with E-state index in [-0.39, 0.29) is 0 Å². The second-order valence-electron chi connectivity index (χ2n) is 4.54.